The SMILES string of the molecule is CC1CC(O)(CCS(C)(=O)=O)CCN1C. The van der Waals surface area contributed by atoms with Crippen molar-refractivity contribution in [3.8, 4) is 0 Å². The number of rotatable bonds is 3. The zero-order valence-electron chi connectivity index (χ0n) is 9.73. The van der Waals surface area contributed by atoms with Crippen molar-refractivity contribution in [2.24, 2.45) is 0 Å². The zero-order valence-corrected chi connectivity index (χ0v) is 10.5. The third-order valence-electron chi connectivity index (χ3n) is 3.30. The molecule has 1 rings (SSSR count). The van der Waals surface area contributed by atoms with Crippen LogP contribution in [-0.4, -0.2) is 55.7 Å². The molecule has 4 nitrogen and oxygen atoms in total. The number of nitrogens with zero attached hydrogens (tertiary/aromatic N) is 1. The normalized spacial score (nSPS) is 34.3. The fourth-order valence-electron chi connectivity index (χ4n) is 2.02. The van der Waals surface area contributed by atoms with Gasteiger partial charge in [-0.25, -0.2) is 8.42 Å². The van der Waals surface area contributed by atoms with Gasteiger partial charge in [-0.2, -0.15) is 0 Å². The average molecular weight is 235 g/mol. The molecule has 0 amide bonds. The molecule has 0 radical (unpaired) electrons. The van der Waals surface area contributed by atoms with Gasteiger partial charge in [-0.15, -0.1) is 0 Å². The second kappa shape index (κ2) is 4.39. The Kier molecular flexibility index (Phi) is 3.79. The summed E-state index contributed by atoms with van der Waals surface area (Å²) in [6, 6.07) is 0.323. The number of aliphatic hydroxyl groups is 1. The largest absolute Gasteiger partial charge is 0.390 e. The van der Waals surface area contributed by atoms with Crippen LogP contribution in [-0.2, 0) is 9.84 Å². The lowest BCUT2D eigenvalue weighted by Gasteiger charge is -2.41. The number of hydrogen-bond acceptors (Lipinski definition) is 4. The van der Waals surface area contributed by atoms with Crippen molar-refractivity contribution in [2.45, 2.75) is 37.8 Å². The monoisotopic (exact) mass is 235 g/mol. The van der Waals surface area contributed by atoms with Crippen LogP contribution in [0.3, 0.4) is 0 Å². The van der Waals surface area contributed by atoms with Crippen LogP contribution >= 0.6 is 0 Å². The minimum Gasteiger partial charge on any atom is -0.390 e. The Morgan fingerprint density at radius 1 is 1.53 bits per heavy atom. The highest BCUT2D eigenvalue weighted by Gasteiger charge is 2.35. The molecular formula is C10H21NO3S. The van der Waals surface area contributed by atoms with E-state index in [4.69, 9.17) is 0 Å². The van der Waals surface area contributed by atoms with Crippen LogP contribution in [0.5, 0.6) is 0 Å². The van der Waals surface area contributed by atoms with Crippen LogP contribution in [0.25, 0.3) is 0 Å². The van der Waals surface area contributed by atoms with Gasteiger partial charge >= 0.3 is 0 Å². The van der Waals surface area contributed by atoms with Crippen LogP contribution in [0, 0.1) is 0 Å². The molecule has 2 atom stereocenters. The summed E-state index contributed by atoms with van der Waals surface area (Å²) in [7, 11) is -0.938. The quantitative estimate of drug-likeness (QED) is 0.762. The van der Waals surface area contributed by atoms with E-state index in [-0.39, 0.29) is 5.75 Å². The molecule has 0 aromatic carbocycles. The molecule has 0 aromatic heterocycles. The molecule has 5 heteroatoms. The molecule has 1 heterocycles. The van der Waals surface area contributed by atoms with E-state index >= 15 is 0 Å². The van der Waals surface area contributed by atoms with Crippen molar-refractivity contribution < 1.29 is 13.5 Å². The summed E-state index contributed by atoms with van der Waals surface area (Å²) in [4.78, 5) is 2.19. The third-order valence-corrected chi connectivity index (χ3v) is 4.24. The number of likely N-dealkylation sites (tertiary alicyclic amines) is 1. The summed E-state index contributed by atoms with van der Waals surface area (Å²) in [6.07, 6.45) is 2.92. The standard InChI is InChI=1S/C10H21NO3S/c1-9-8-10(12,4-6-11(9)2)5-7-15(3,13)14/h9,12H,4-8H2,1-3H3. The Labute approximate surface area is 92.2 Å². The predicted molar refractivity (Wildman–Crippen MR) is 60.6 cm³/mol. The lowest BCUT2D eigenvalue weighted by molar-refractivity contribution is -0.0378. The van der Waals surface area contributed by atoms with Crippen LogP contribution < -0.4 is 0 Å². The van der Waals surface area contributed by atoms with Gasteiger partial charge in [0.25, 0.3) is 0 Å². The van der Waals surface area contributed by atoms with Gasteiger partial charge in [-0.05, 0) is 33.2 Å². The van der Waals surface area contributed by atoms with Gasteiger partial charge in [0.05, 0.1) is 11.4 Å². The van der Waals surface area contributed by atoms with E-state index in [0.29, 0.717) is 25.3 Å². The van der Waals surface area contributed by atoms with E-state index in [2.05, 4.69) is 11.8 Å². The van der Waals surface area contributed by atoms with Crippen molar-refractivity contribution in [1.82, 2.24) is 4.90 Å². The minimum atomic E-state index is -2.97. The predicted octanol–water partition coefficient (Wildman–Crippen LogP) is 0.266. The number of piperidine rings is 1. The average Bonchev–Trinajstić information content (AvgIpc) is 2.08. The zero-order chi connectivity index (χ0) is 11.7. The van der Waals surface area contributed by atoms with Crippen molar-refractivity contribution in [1.29, 1.82) is 0 Å². The maximum absolute atomic E-state index is 11.0. The highest BCUT2D eigenvalue weighted by molar-refractivity contribution is 7.90. The fourth-order valence-corrected chi connectivity index (χ4v) is 2.77. The van der Waals surface area contributed by atoms with Crippen LogP contribution in [0.15, 0.2) is 0 Å². The maximum Gasteiger partial charge on any atom is 0.147 e. The Balaban J connectivity index is 2.53. The van der Waals surface area contributed by atoms with E-state index in [1.54, 1.807) is 0 Å². The molecule has 0 saturated carbocycles. The summed E-state index contributed by atoms with van der Waals surface area (Å²) < 4.78 is 22.1. The van der Waals surface area contributed by atoms with Gasteiger partial charge in [0.2, 0.25) is 0 Å². The molecule has 1 aliphatic heterocycles. The molecule has 0 bridgehead atoms. The number of sulfone groups is 1. The Hall–Kier alpha value is -0.130. The first kappa shape index (κ1) is 12.9. The molecule has 1 aliphatic rings. The third kappa shape index (κ3) is 4.09. The summed E-state index contributed by atoms with van der Waals surface area (Å²) in [5, 5.41) is 10.2. The van der Waals surface area contributed by atoms with Gasteiger partial charge in [0.1, 0.15) is 9.84 Å². The molecule has 0 aromatic rings. The highest BCUT2D eigenvalue weighted by atomic mass is 32.2. The Morgan fingerprint density at radius 3 is 2.60 bits per heavy atom. The molecule has 15 heavy (non-hydrogen) atoms. The molecule has 0 aliphatic carbocycles. The number of hydrogen-bond donors (Lipinski definition) is 1. The van der Waals surface area contributed by atoms with E-state index in [0.717, 1.165) is 6.54 Å². The van der Waals surface area contributed by atoms with Gasteiger partial charge in [0.15, 0.2) is 0 Å². The second-order valence-corrected chi connectivity index (χ2v) is 7.15. The van der Waals surface area contributed by atoms with Crippen LogP contribution in [0.4, 0.5) is 0 Å². The van der Waals surface area contributed by atoms with Crippen LogP contribution in [0.2, 0.25) is 0 Å². The van der Waals surface area contributed by atoms with Gasteiger partial charge < -0.3 is 10.0 Å². The molecule has 90 valence electrons. The van der Waals surface area contributed by atoms with Crippen LogP contribution in [0.1, 0.15) is 26.2 Å². The smallest absolute Gasteiger partial charge is 0.147 e. The first-order chi connectivity index (χ1) is 6.72. The second-order valence-electron chi connectivity index (χ2n) is 4.89. The molecule has 1 saturated heterocycles. The lowest BCUT2D eigenvalue weighted by Crippen LogP contribution is -2.48. The Bertz CT molecular complexity index is 315. The topological polar surface area (TPSA) is 57.6 Å². The van der Waals surface area contributed by atoms with Gasteiger partial charge in [-0.3, -0.25) is 0 Å². The van der Waals surface area contributed by atoms with E-state index in [9.17, 15) is 13.5 Å². The van der Waals surface area contributed by atoms with Crippen molar-refractivity contribution in [2.75, 3.05) is 25.6 Å². The summed E-state index contributed by atoms with van der Waals surface area (Å²) in [5.74, 6) is 0.0833. The summed E-state index contributed by atoms with van der Waals surface area (Å²) in [5.41, 5.74) is -0.783. The van der Waals surface area contributed by atoms with Crippen molar-refractivity contribution >= 4 is 9.84 Å². The molecule has 0 spiro atoms. The fraction of sp³-hybridized carbons (Fsp3) is 1.00. The van der Waals surface area contributed by atoms with E-state index in [1.165, 1.54) is 6.26 Å². The van der Waals surface area contributed by atoms with Gasteiger partial charge in [0, 0.05) is 18.8 Å². The van der Waals surface area contributed by atoms with E-state index in [1.807, 2.05) is 7.05 Å². The molecule has 1 fully saturated rings. The minimum absolute atomic E-state index is 0.0833. The first-order valence-corrected chi connectivity index (χ1v) is 7.38. The van der Waals surface area contributed by atoms with E-state index < -0.39 is 15.4 Å². The highest BCUT2D eigenvalue weighted by Crippen LogP contribution is 2.29. The molecular weight excluding hydrogens is 214 g/mol. The molecule has 1 N–H and O–H groups in total. The Morgan fingerprint density at radius 2 is 2.13 bits per heavy atom. The molecule has 2 unspecified atom stereocenters. The van der Waals surface area contributed by atoms with Gasteiger partial charge in [-0.1, -0.05) is 0 Å². The lowest BCUT2D eigenvalue weighted by atomic mass is 9.85. The van der Waals surface area contributed by atoms with Crippen molar-refractivity contribution in [3.63, 3.8) is 0 Å². The first-order valence-electron chi connectivity index (χ1n) is 5.32. The maximum atomic E-state index is 11.0. The summed E-state index contributed by atoms with van der Waals surface area (Å²) in [6.45, 7) is 2.89. The van der Waals surface area contributed by atoms with Crippen molar-refractivity contribution in [3.05, 3.63) is 0 Å². The summed E-state index contributed by atoms with van der Waals surface area (Å²) >= 11 is 0.